The van der Waals surface area contributed by atoms with Crippen molar-refractivity contribution in [2.75, 3.05) is 26.2 Å². The van der Waals surface area contributed by atoms with Crippen LogP contribution in [0.4, 0.5) is 4.79 Å². The number of urea groups is 1. The molecule has 2 fully saturated rings. The normalized spacial score (nSPS) is 20.1. The first kappa shape index (κ1) is 41.7. The summed E-state index contributed by atoms with van der Waals surface area (Å²) in [6.07, 6.45) is 7.15. The second kappa shape index (κ2) is 18.5. The molecule has 12 nitrogen and oxygen atoms in total. The molecule has 0 aliphatic carbocycles. The number of unbranched alkanes of at least 4 members (excludes halogenated alkanes) is 3. The van der Waals surface area contributed by atoms with E-state index < -0.39 is 47.2 Å². The molecular formula is C37H64N6O6. The second-order valence-electron chi connectivity index (χ2n) is 16.2. The van der Waals surface area contributed by atoms with Crippen molar-refractivity contribution in [3.8, 4) is 0 Å². The monoisotopic (exact) mass is 688 g/mol. The molecular weight excluding hydrogens is 624 g/mol. The van der Waals surface area contributed by atoms with Crippen molar-refractivity contribution in [3.05, 3.63) is 12.7 Å². The number of carbonyl (C=O) groups is 6. The lowest BCUT2D eigenvalue weighted by Crippen LogP contribution is -2.62. The van der Waals surface area contributed by atoms with Crippen molar-refractivity contribution in [2.45, 2.75) is 138 Å². The van der Waals surface area contributed by atoms with Crippen LogP contribution in [-0.4, -0.2) is 95.6 Å². The molecule has 4 N–H and O–H groups in total. The summed E-state index contributed by atoms with van der Waals surface area (Å²) in [4.78, 5) is 83.6. The Morgan fingerprint density at radius 3 is 2.14 bits per heavy atom. The Balaban J connectivity index is 2.32. The fourth-order valence-electron chi connectivity index (χ4n) is 6.61. The highest BCUT2D eigenvalue weighted by atomic mass is 16.2. The van der Waals surface area contributed by atoms with Crippen molar-refractivity contribution in [1.82, 2.24) is 31.1 Å². The minimum Gasteiger partial charge on any atom is -0.346 e. The maximum Gasteiger partial charge on any atom is 0.315 e. The van der Waals surface area contributed by atoms with Crippen molar-refractivity contribution in [1.29, 1.82) is 0 Å². The van der Waals surface area contributed by atoms with Gasteiger partial charge in [0, 0.05) is 32.6 Å². The van der Waals surface area contributed by atoms with Crippen LogP contribution in [0.5, 0.6) is 0 Å². The molecule has 0 aromatic heterocycles. The van der Waals surface area contributed by atoms with Gasteiger partial charge in [-0.1, -0.05) is 94.1 Å². The Morgan fingerprint density at radius 2 is 1.61 bits per heavy atom. The number of hydrogen-bond acceptors (Lipinski definition) is 6. The highest BCUT2D eigenvalue weighted by Crippen LogP contribution is 2.33. The molecule has 2 rings (SSSR count). The summed E-state index contributed by atoms with van der Waals surface area (Å²) in [6.45, 7) is 22.7. The van der Waals surface area contributed by atoms with Gasteiger partial charge in [-0.15, -0.1) is 6.58 Å². The van der Waals surface area contributed by atoms with Gasteiger partial charge >= 0.3 is 6.03 Å². The molecule has 2 saturated heterocycles. The van der Waals surface area contributed by atoms with Gasteiger partial charge in [0.25, 0.3) is 5.91 Å². The number of rotatable bonds is 17. The minimum atomic E-state index is -1.03. The Labute approximate surface area is 294 Å². The topological polar surface area (TPSA) is 157 Å². The first-order chi connectivity index (χ1) is 22.8. The maximum atomic E-state index is 14.4. The van der Waals surface area contributed by atoms with Crippen LogP contribution in [-0.2, 0) is 24.0 Å². The van der Waals surface area contributed by atoms with Gasteiger partial charge in [-0.2, -0.15) is 0 Å². The summed E-state index contributed by atoms with van der Waals surface area (Å²) in [7, 11) is 0. The summed E-state index contributed by atoms with van der Waals surface area (Å²) < 4.78 is 0. The molecule has 6 amide bonds. The lowest BCUT2D eigenvalue weighted by molar-refractivity contribution is -0.144. The number of carbonyl (C=O) groups excluding carboxylic acids is 6. The minimum absolute atomic E-state index is 0.0494. The average molecular weight is 689 g/mol. The van der Waals surface area contributed by atoms with Gasteiger partial charge in [-0.25, -0.2) is 4.79 Å². The second-order valence-corrected chi connectivity index (χ2v) is 16.2. The van der Waals surface area contributed by atoms with E-state index in [1.165, 1.54) is 11.0 Å². The summed E-state index contributed by atoms with van der Waals surface area (Å²) in [5.74, 6) is -2.44. The van der Waals surface area contributed by atoms with Crippen LogP contribution in [0.15, 0.2) is 12.7 Å². The van der Waals surface area contributed by atoms with Gasteiger partial charge in [0.2, 0.25) is 23.5 Å². The van der Waals surface area contributed by atoms with Crippen LogP contribution >= 0.6 is 0 Å². The van der Waals surface area contributed by atoms with Crippen LogP contribution in [0.2, 0.25) is 0 Å². The number of ketones is 1. The zero-order chi connectivity index (χ0) is 37.1. The quantitative estimate of drug-likeness (QED) is 0.103. The van der Waals surface area contributed by atoms with Crippen LogP contribution in [0.3, 0.4) is 0 Å². The molecule has 2 aliphatic heterocycles. The Hall–Kier alpha value is -3.44. The van der Waals surface area contributed by atoms with Gasteiger partial charge < -0.3 is 31.1 Å². The molecule has 12 heteroatoms. The van der Waals surface area contributed by atoms with Gasteiger partial charge in [0.1, 0.15) is 12.1 Å². The van der Waals surface area contributed by atoms with Gasteiger partial charge in [0.15, 0.2) is 0 Å². The molecule has 0 radical (unpaired) electrons. The Morgan fingerprint density at radius 1 is 0.939 bits per heavy atom. The summed E-state index contributed by atoms with van der Waals surface area (Å²) >= 11 is 0. The predicted molar refractivity (Wildman–Crippen MR) is 191 cm³/mol. The van der Waals surface area contributed by atoms with E-state index in [0.29, 0.717) is 45.3 Å². The lowest BCUT2D eigenvalue weighted by Gasteiger charge is -2.38. The molecule has 0 aromatic rings. The Kier molecular flexibility index (Phi) is 15.8. The number of Topliss-reactive ketones (excluding diaryl/α,β-unsaturated/α-hetero) is 1. The molecule has 2 heterocycles. The zero-order valence-corrected chi connectivity index (χ0v) is 31.6. The summed E-state index contributed by atoms with van der Waals surface area (Å²) in [5.41, 5.74) is -1.08. The summed E-state index contributed by atoms with van der Waals surface area (Å²) in [5, 5.41) is 11.3. The van der Waals surface area contributed by atoms with E-state index in [2.05, 4.69) is 34.8 Å². The van der Waals surface area contributed by atoms with Gasteiger partial charge in [-0.05, 0) is 41.9 Å². The molecule has 0 spiro atoms. The van der Waals surface area contributed by atoms with Crippen LogP contribution < -0.4 is 21.3 Å². The third-order valence-corrected chi connectivity index (χ3v) is 9.78. The van der Waals surface area contributed by atoms with Crippen LogP contribution in [0.25, 0.3) is 0 Å². The van der Waals surface area contributed by atoms with Crippen molar-refractivity contribution < 1.29 is 28.8 Å². The van der Waals surface area contributed by atoms with E-state index in [9.17, 15) is 28.8 Å². The maximum absolute atomic E-state index is 14.4. The van der Waals surface area contributed by atoms with Crippen molar-refractivity contribution >= 4 is 35.4 Å². The molecule has 0 aromatic carbocycles. The molecule has 5 atom stereocenters. The fraction of sp³-hybridized carbons (Fsp3) is 0.784. The van der Waals surface area contributed by atoms with Crippen molar-refractivity contribution in [2.24, 2.45) is 22.7 Å². The number of nitrogens with one attached hydrogen (secondary N) is 4. The van der Waals surface area contributed by atoms with Crippen molar-refractivity contribution in [3.63, 3.8) is 0 Å². The summed E-state index contributed by atoms with van der Waals surface area (Å²) in [6, 6.07) is -3.77. The molecule has 2 aliphatic rings. The standard InChI is InChI=1S/C37H64N6O6/c1-11-13-14-15-17-26(30(45)33(47)38-20-12-2)39-32(46)29-25(24(3)4)19-22-43(29)34(48)31(37(8,9)10)41-35(49)40-27(36(5,6)7)23-42-21-16-18-28(42)44/h12,24-27,29,31H,2,11,13-23H2,1,3-10H3,(H,38,47)(H,39,46)(H2,40,41,49)/t25-,26?,27-,29+,31-/m1/s1. The first-order valence-electron chi connectivity index (χ1n) is 18.2. The number of amides is 6. The highest BCUT2D eigenvalue weighted by molar-refractivity contribution is 6.38. The smallest absolute Gasteiger partial charge is 0.315 e. The van der Waals surface area contributed by atoms with E-state index in [1.807, 2.05) is 55.4 Å². The van der Waals surface area contributed by atoms with Gasteiger partial charge in [0.05, 0.1) is 12.1 Å². The molecule has 278 valence electrons. The van der Waals surface area contributed by atoms with E-state index >= 15 is 0 Å². The highest BCUT2D eigenvalue weighted by Gasteiger charge is 2.48. The molecule has 1 unspecified atom stereocenters. The molecule has 0 bridgehead atoms. The number of nitrogens with zero attached hydrogens (tertiary/aromatic N) is 2. The predicted octanol–water partition coefficient (Wildman–Crippen LogP) is 3.94. The molecule has 0 saturated carbocycles. The van der Waals surface area contributed by atoms with E-state index in [-0.39, 0.29) is 41.7 Å². The SMILES string of the molecule is C=CCNC(=O)C(=O)C(CCCCCC)NC(=O)[C@@H]1[C@@H](C(C)C)CCN1C(=O)[C@@H](NC(=O)N[C@H](CN1CCCC1=O)C(C)(C)C)C(C)(C)C. The number of likely N-dealkylation sites (tertiary alicyclic amines) is 2. The zero-order valence-electron chi connectivity index (χ0n) is 31.6. The fourth-order valence-corrected chi connectivity index (χ4v) is 6.61. The number of hydrogen-bond donors (Lipinski definition) is 4. The van der Waals surface area contributed by atoms with E-state index in [1.54, 1.807) is 4.90 Å². The third kappa shape index (κ3) is 12.1. The van der Waals surface area contributed by atoms with Crippen LogP contribution in [0, 0.1) is 22.7 Å². The largest absolute Gasteiger partial charge is 0.346 e. The average Bonchev–Trinajstić information content (AvgIpc) is 3.64. The van der Waals surface area contributed by atoms with Gasteiger partial charge in [-0.3, -0.25) is 24.0 Å². The van der Waals surface area contributed by atoms with Crippen LogP contribution in [0.1, 0.15) is 114 Å². The van der Waals surface area contributed by atoms with E-state index in [4.69, 9.17) is 0 Å². The first-order valence-corrected chi connectivity index (χ1v) is 18.2. The Bertz CT molecular complexity index is 1190. The third-order valence-electron chi connectivity index (χ3n) is 9.78. The lowest BCUT2D eigenvalue weighted by atomic mass is 9.84. The molecule has 49 heavy (non-hydrogen) atoms. The van der Waals surface area contributed by atoms with E-state index in [0.717, 1.165) is 25.7 Å².